The van der Waals surface area contributed by atoms with Crippen LogP contribution in [0.4, 0.5) is 0 Å². The SMILES string of the molecule is CCCCCCOc1ccc(C(=O)NN=Cc2cccc(O)c2)cc1. The third-order valence-electron chi connectivity index (χ3n) is 3.63. The van der Waals surface area contributed by atoms with Gasteiger partial charge in [0.25, 0.3) is 5.91 Å². The Morgan fingerprint density at radius 1 is 1.16 bits per heavy atom. The van der Waals surface area contributed by atoms with E-state index >= 15 is 0 Å². The van der Waals surface area contributed by atoms with Crippen molar-refractivity contribution >= 4 is 12.1 Å². The molecule has 0 fully saturated rings. The fraction of sp³-hybridized carbons (Fsp3) is 0.300. The van der Waals surface area contributed by atoms with Crippen LogP contribution in [0.25, 0.3) is 0 Å². The number of unbranched alkanes of at least 4 members (excludes halogenated alkanes) is 3. The molecule has 0 aliphatic carbocycles. The van der Waals surface area contributed by atoms with E-state index in [0.717, 1.165) is 12.2 Å². The Hall–Kier alpha value is -2.82. The number of carbonyl (C=O) groups is 1. The first-order valence-corrected chi connectivity index (χ1v) is 8.54. The zero-order valence-corrected chi connectivity index (χ0v) is 14.4. The smallest absolute Gasteiger partial charge is 0.271 e. The Labute approximate surface area is 148 Å². The van der Waals surface area contributed by atoms with Crippen LogP contribution >= 0.6 is 0 Å². The summed E-state index contributed by atoms with van der Waals surface area (Å²) in [6.07, 6.45) is 6.13. The van der Waals surface area contributed by atoms with Crippen LogP contribution in [0, 0.1) is 0 Å². The van der Waals surface area contributed by atoms with Crippen molar-refractivity contribution < 1.29 is 14.6 Å². The van der Waals surface area contributed by atoms with E-state index in [-0.39, 0.29) is 11.7 Å². The topological polar surface area (TPSA) is 70.9 Å². The van der Waals surface area contributed by atoms with E-state index in [1.807, 2.05) is 0 Å². The normalized spacial score (nSPS) is 10.8. The first-order chi connectivity index (χ1) is 12.2. The minimum absolute atomic E-state index is 0.153. The summed E-state index contributed by atoms with van der Waals surface area (Å²) in [5, 5.41) is 13.3. The Bertz CT molecular complexity index is 696. The molecule has 2 N–H and O–H groups in total. The molecule has 0 bridgehead atoms. The first-order valence-electron chi connectivity index (χ1n) is 8.54. The lowest BCUT2D eigenvalue weighted by molar-refractivity contribution is 0.0955. The number of amides is 1. The van der Waals surface area contributed by atoms with Gasteiger partial charge in [-0.1, -0.05) is 38.3 Å². The van der Waals surface area contributed by atoms with Crippen LogP contribution in [-0.4, -0.2) is 23.8 Å². The van der Waals surface area contributed by atoms with Gasteiger partial charge in [0.1, 0.15) is 11.5 Å². The summed E-state index contributed by atoms with van der Waals surface area (Å²) in [7, 11) is 0. The Morgan fingerprint density at radius 3 is 2.68 bits per heavy atom. The van der Waals surface area contributed by atoms with Gasteiger partial charge in [-0.25, -0.2) is 5.43 Å². The lowest BCUT2D eigenvalue weighted by atomic mass is 10.2. The van der Waals surface area contributed by atoms with Gasteiger partial charge in [-0.2, -0.15) is 5.10 Å². The number of nitrogens with one attached hydrogen (secondary N) is 1. The summed E-state index contributed by atoms with van der Waals surface area (Å²) in [6.45, 7) is 2.87. The highest BCUT2D eigenvalue weighted by molar-refractivity contribution is 5.95. The minimum atomic E-state index is -0.300. The zero-order chi connectivity index (χ0) is 17.9. The van der Waals surface area contributed by atoms with Crippen LogP contribution in [0.5, 0.6) is 11.5 Å². The molecule has 2 aromatic carbocycles. The Balaban J connectivity index is 1.79. The summed E-state index contributed by atoms with van der Waals surface area (Å²) in [4.78, 5) is 12.0. The molecule has 0 aliphatic rings. The number of phenolic OH excluding ortho intramolecular Hbond substituents is 1. The minimum Gasteiger partial charge on any atom is -0.508 e. The molecular formula is C20H24N2O3. The molecule has 2 rings (SSSR count). The predicted octanol–water partition coefficient (Wildman–Crippen LogP) is 4.12. The highest BCUT2D eigenvalue weighted by atomic mass is 16.5. The number of aromatic hydroxyl groups is 1. The van der Waals surface area contributed by atoms with Gasteiger partial charge in [0.2, 0.25) is 0 Å². The van der Waals surface area contributed by atoms with Gasteiger partial charge in [0.15, 0.2) is 0 Å². The average molecular weight is 340 g/mol. The molecule has 0 saturated heterocycles. The largest absolute Gasteiger partial charge is 0.508 e. The maximum absolute atomic E-state index is 12.0. The van der Waals surface area contributed by atoms with Crippen molar-refractivity contribution in [1.82, 2.24) is 5.43 Å². The number of phenols is 1. The van der Waals surface area contributed by atoms with E-state index in [4.69, 9.17) is 4.74 Å². The van der Waals surface area contributed by atoms with Crippen LogP contribution < -0.4 is 10.2 Å². The van der Waals surface area contributed by atoms with Crippen LogP contribution in [0.15, 0.2) is 53.6 Å². The highest BCUT2D eigenvalue weighted by Gasteiger charge is 2.04. The summed E-state index contributed by atoms with van der Waals surface area (Å²) in [5.41, 5.74) is 3.67. The van der Waals surface area contributed by atoms with Gasteiger partial charge in [0, 0.05) is 5.56 Å². The Kier molecular flexibility index (Phi) is 7.50. The molecule has 0 unspecified atom stereocenters. The molecule has 5 heteroatoms. The maximum Gasteiger partial charge on any atom is 0.271 e. The first kappa shape index (κ1) is 18.5. The second kappa shape index (κ2) is 10.1. The molecule has 2 aromatic rings. The van der Waals surface area contributed by atoms with Gasteiger partial charge >= 0.3 is 0 Å². The van der Waals surface area contributed by atoms with Crippen molar-refractivity contribution in [2.45, 2.75) is 32.6 Å². The second-order valence-electron chi connectivity index (χ2n) is 5.73. The standard InChI is InChI=1S/C20H24N2O3/c1-2-3-4-5-13-25-19-11-9-17(10-12-19)20(24)22-21-15-16-7-6-8-18(23)14-16/h6-12,14-15,23H,2-5,13H2,1H3,(H,22,24). The fourth-order valence-corrected chi connectivity index (χ4v) is 2.26. The quantitative estimate of drug-likeness (QED) is 0.410. The van der Waals surface area contributed by atoms with E-state index in [0.29, 0.717) is 17.7 Å². The third kappa shape index (κ3) is 6.67. The van der Waals surface area contributed by atoms with Crippen molar-refractivity contribution in [3.63, 3.8) is 0 Å². The molecule has 5 nitrogen and oxygen atoms in total. The molecule has 0 spiro atoms. The van der Waals surface area contributed by atoms with Crippen molar-refractivity contribution in [3.8, 4) is 11.5 Å². The van der Waals surface area contributed by atoms with E-state index in [9.17, 15) is 9.90 Å². The number of nitrogens with zero attached hydrogens (tertiary/aromatic N) is 1. The summed E-state index contributed by atoms with van der Waals surface area (Å²) in [5.74, 6) is 0.614. The molecule has 0 aliphatic heterocycles. The number of hydrogen-bond donors (Lipinski definition) is 2. The number of benzene rings is 2. The lowest BCUT2D eigenvalue weighted by Gasteiger charge is -2.06. The number of carbonyl (C=O) groups excluding carboxylic acids is 1. The summed E-state index contributed by atoms with van der Waals surface area (Å²) in [6, 6.07) is 13.6. The molecular weight excluding hydrogens is 316 g/mol. The molecule has 0 saturated carbocycles. The van der Waals surface area contributed by atoms with E-state index < -0.39 is 0 Å². The van der Waals surface area contributed by atoms with E-state index in [1.165, 1.54) is 25.5 Å². The molecule has 0 radical (unpaired) electrons. The van der Waals surface area contributed by atoms with Crippen LogP contribution in [-0.2, 0) is 0 Å². The van der Waals surface area contributed by atoms with Crippen LogP contribution in [0.3, 0.4) is 0 Å². The molecule has 1 amide bonds. The van der Waals surface area contributed by atoms with Gasteiger partial charge in [0.05, 0.1) is 12.8 Å². The van der Waals surface area contributed by atoms with Crippen LogP contribution in [0.1, 0.15) is 48.5 Å². The number of hydrogen-bond acceptors (Lipinski definition) is 4. The Morgan fingerprint density at radius 2 is 1.96 bits per heavy atom. The van der Waals surface area contributed by atoms with Gasteiger partial charge in [-0.15, -0.1) is 0 Å². The highest BCUT2D eigenvalue weighted by Crippen LogP contribution is 2.13. The summed E-state index contributed by atoms with van der Waals surface area (Å²) >= 11 is 0. The molecule has 132 valence electrons. The van der Waals surface area contributed by atoms with Gasteiger partial charge in [-0.3, -0.25) is 4.79 Å². The molecule has 25 heavy (non-hydrogen) atoms. The van der Waals surface area contributed by atoms with Crippen molar-refractivity contribution in [2.24, 2.45) is 5.10 Å². The zero-order valence-electron chi connectivity index (χ0n) is 14.4. The van der Waals surface area contributed by atoms with Crippen molar-refractivity contribution in [2.75, 3.05) is 6.61 Å². The average Bonchev–Trinajstić information content (AvgIpc) is 2.62. The van der Waals surface area contributed by atoms with E-state index in [1.54, 1.807) is 48.5 Å². The second-order valence-corrected chi connectivity index (χ2v) is 5.73. The molecule has 0 atom stereocenters. The van der Waals surface area contributed by atoms with Gasteiger partial charge < -0.3 is 9.84 Å². The molecule has 0 heterocycles. The third-order valence-corrected chi connectivity index (χ3v) is 3.63. The number of hydrazone groups is 1. The number of ether oxygens (including phenoxy) is 1. The van der Waals surface area contributed by atoms with Crippen molar-refractivity contribution in [3.05, 3.63) is 59.7 Å². The van der Waals surface area contributed by atoms with Crippen molar-refractivity contribution in [1.29, 1.82) is 0 Å². The summed E-state index contributed by atoms with van der Waals surface area (Å²) < 4.78 is 5.65. The number of rotatable bonds is 9. The van der Waals surface area contributed by atoms with Gasteiger partial charge in [-0.05, 0) is 48.4 Å². The monoisotopic (exact) mass is 340 g/mol. The predicted molar refractivity (Wildman–Crippen MR) is 99.2 cm³/mol. The van der Waals surface area contributed by atoms with Crippen LogP contribution in [0.2, 0.25) is 0 Å². The fourth-order valence-electron chi connectivity index (χ4n) is 2.26. The maximum atomic E-state index is 12.0. The lowest BCUT2D eigenvalue weighted by Crippen LogP contribution is -2.17. The van der Waals surface area contributed by atoms with E-state index in [2.05, 4.69) is 17.5 Å². The molecule has 0 aromatic heterocycles.